The Morgan fingerprint density at radius 1 is 0.917 bits per heavy atom. The van der Waals surface area contributed by atoms with Gasteiger partial charge in [-0.2, -0.15) is 0 Å². The van der Waals surface area contributed by atoms with E-state index in [0.29, 0.717) is 0 Å². The lowest BCUT2D eigenvalue weighted by atomic mass is 10.0. The van der Waals surface area contributed by atoms with Gasteiger partial charge in [0, 0.05) is 31.6 Å². The quantitative estimate of drug-likeness (QED) is 0.685. The molecule has 3 aromatic rings. The first-order valence-corrected chi connectivity index (χ1v) is 7.84. The van der Waals surface area contributed by atoms with E-state index in [2.05, 4.69) is 9.89 Å². The first kappa shape index (κ1) is 15.8. The van der Waals surface area contributed by atoms with Crippen molar-refractivity contribution in [2.45, 2.75) is 0 Å². The third-order valence-corrected chi connectivity index (χ3v) is 3.89. The predicted octanol–water partition coefficient (Wildman–Crippen LogP) is 5.03. The third-order valence-electron chi connectivity index (χ3n) is 3.89. The molecule has 0 saturated heterocycles. The monoisotopic (exact) mass is 316 g/mol. The summed E-state index contributed by atoms with van der Waals surface area (Å²) in [5.41, 5.74) is 2.85. The van der Waals surface area contributed by atoms with E-state index >= 15 is 0 Å². The smallest absolute Gasteiger partial charge is 0.123 e. The van der Waals surface area contributed by atoms with Gasteiger partial charge < -0.3 is 10.0 Å². The van der Waals surface area contributed by atoms with Crippen LogP contribution in [-0.2, 0) is 0 Å². The Labute approximate surface area is 142 Å². The van der Waals surface area contributed by atoms with E-state index in [0.717, 1.165) is 27.7 Å². The first-order chi connectivity index (χ1) is 11.6. The Morgan fingerprint density at radius 3 is 2.42 bits per heavy atom. The van der Waals surface area contributed by atoms with Crippen LogP contribution >= 0.6 is 0 Å². The van der Waals surface area contributed by atoms with Crippen molar-refractivity contribution in [3.8, 4) is 5.75 Å². The number of aliphatic imine (C=N–C) groups is 1. The van der Waals surface area contributed by atoms with Gasteiger partial charge in [0.2, 0.25) is 0 Å². The molecule has 0 fully saturated rings. The van der Waals surface area contributed by atoms with Gasteiger partial charge in [-0.3, -0.25) is 4.99 Å². The molecule has 0 aliphatic carbocycles. The Kier molecular flexibility index (Phi) is 4.62. The molecule has 0 atom stereocenters. The minimum atomic E-state index is 0.272. The van der Waals surface area contributed by atoms with Crippen molar-refractivity contribution < 1.29 is 5.11 Å². The lowest BCUT2D eigenvalue weighted by molar-refractivity contribution is 0.475. The topological polar surface area (TPSA) is 35.8 Å². The van der Waals surface area contributed by atoms with Gasteiger partial charge in [-0.15, -0.1) is 0 Å². The molecule has 24 heavy (non-hydrogen) atoms. The summed E-state index contributed by atoms with van der Waals surface area (Å²) in [7, 11) is 4.02. The molecule has 3 heteroatoms. The number of allylic oxidation sites excluding steroid dienone is 1. The van der Waals surface area contributed by atoms with E-state index < -0.39 is 0 Å². The second kappa shape index (κ2) is 7.01. The molecule has 0 aliphatic rings. The van der Waals surface area contributed by atoms with Crippen LogP contribution in [-0.4, -0.2) is 25.4 Å². The van der Waals surface area contributed by atoms with Gasteiger partial charge >= 0.3 is 0 Å². The largest absolute Gasteiger partial charge is 0.507 e. The summed E-state index contributed by atoms with van der Waals surface area (Å²) in [6, 6.07) is 19.7. The molecule has 120 valence electrons. The Bertz CT molecular complexity index is 893. The van der Waals surface area contributed by atoms with Crippen LogP contribution in [0.1, 0.15) is 5.56 Å². The van der Waals surface area contributed by atoms with Gasteiger partial charge in [0.1, 0.15) is 5.75 Å². The summed E-state index contributed by atoms with van der Waals surface area (Å²) < 4.78 is 0. The fourth-order valence-corrected chi connectivity index (χ4v) is 2.56. The molecule has 0 radical (unpaired) electrons. The summed E-state index contributed by atoms with van der Waals surface area (Å²) in [6.45, 7) is 0. The minimum Gasteiger partial charge on any atom is -0.507 e. The molecule has 0 aromatic heterocycles. The molecule has 0 heterocycles. The lowest BCUT2D eigenvalue weighted by Crippen LogP contribution is -2.07. The maximum absolute atomic E-state index is 10.1. The van der Waals surface area contributed by atoms with Crippen molar-refractivity contribution in [3.05, 3.63) is 72.3 Å². The number of phenolic OH excluding ortho intramolecular Hbond substituents is 1. The molecule has 0 unspecified atom stereocenters. The standard InChI is InChI=1S/C21H20N2O/c1-23(2)18-12-10-17(11-13-18)22-15-5-8-20-19-7-4-3-6-16(19)9-14-21(20)24/h3-15,24H,1-2H3/b8-5+,22-15?. The molecule has 3 nitrogen and oxygen atoms in total. The Hall–Kier alpha value is -3.07. The zero-order valence-corrected chi connectivity index (χ0v) is 13.8. The van der Waals surface area contributed by atoms with Crippen LogP contribution in [0.15, 0.2) is 71.7 Å². The molecule has 0 spiro atoms. The minimum absolute atomic E-state index is 0.272. The number of benzene rings is 3. The van der Waals surface area contributed by atoms with Crippen LogP contribution in [0, 0.1) is 0 Å². The maximum Gasteiger partial charge on any atom is 0.123 e. The fourth-order valence-electron chi connectivity index (χ4n) is 2.56. The van der Waals surface area contributed by atoms with Gasteiger partial charge in [-0.25, -0.2) is 0 Å². The highest BCUT2D eigenvalue weighted by Crippen LogP contribution is 2.28. The van der Waals surface area contributed by atoms with Crippen LogP contribution < -0.4 is 4.90 Å². The van der Waals surface area contributed by atoms with E-state index in [4.69, 9.17) is 0 Å². The van der Waals surface area contributed by atoms with Crippen molar-refractivity contribution in [3.63, 3.8) is 0 Å². The number of nitrogens with zero attached hydrogens (tertiary/aromatic N) is 2. The third kappa shape index (κ3) is 3.46. The van der Waals surface area contributed by atoms with Gasteiger partial charge in [-0.1, -0.05) is 30.3 Å². The number of rotatable bonds is 4. The van der Waals surface area contributed by atoms with Gasteiger partial charge in [0.05, 0.1) is 5.69 Å². The summed E-state index contributed by atoms with van der Waals surface area (Å²) in [4.78, 5) is 6.47. The van der Waals surface area contributed by atoms with Crippen LogP contribution in [0.2, 0.25) is 0 Å². The summed E-state index contributed by atoms with van der Waals surface area (Å²) in [6.07, 6.45) is 5.47. The van der Waals surface area contributed by atoms with Crippen molar-refractivity contribution in [2.75, 3.05) is 19.0 Å². The average Bonchev–Trinajstić information content (AvgIpc) is 2.60. The van der Waals surface area contributed by atoms with Gasteiger partial charge in [-0.05, 0) is 53.3 Å². The predicted molar refractivity (Wildman–Crippen MR) is 104 cm³/mol. The highest BCUT2D eigenvalue weighted by atomic mass is 16.3. The Balaban J connectivity index is 1.80. The molecule has 0 saturated carbocycles. The zero-order valence-electron chi connectivity index (χ0n) is 13.8. The number of hydrogen-bond donors (Lipinski definition) is 1. The second-order valence-corrected chi connectivity index (χ2v) is 5.77. The van der Waals surface area contributed by atoms with E-state index in [1.54, 1.807) is 12.3 Å². The van der Waals surface area contributed by atoms with Crippen molar-refractivity contribution in [2.24, 2.45) is 4.99 Å². The molecule has 3 rings (SSSR count). The van der Waals surface area contributed by atoms with Crippen LogP contribution in [0.4, 0.5) is 11.4 Å². The summed E-state index contributed by atoms with van der Waals surface area (Å²) in [5, 5.41) is 12.2. The maximum atomic E-state index is 10.1. The lowest BCUT2D eigenvalue weighted by Gasteiger charge is -2.11. The Morgan fingerprint density at radius 2 is 1.67 bits per heavy atom. The van der Waals surface area contributed by atoms with Crippen molar-refractivity contribution >= 4 is 34.4 Å². The molecule has 0 aliphatic heterocycles. The highest BCUT2D eigenvalue weighted by molar-refractivity contribution is 5.95. The van der Waals surface area contributed by atoms with Gasteiger partial charge in [0.25, 0.3) is 0 Å². The van der Waals surface area contributed by atoms with E-state index in [9.17, 15) is 5.11 Å². The number of phenols is 1. The van der Waals surface area contributed by atoms with Crippen LogP contribution in [0.5, 0.6) is 5.75 Å². The first-order valence-electron chi connectivity index (χ1n) is 7.84. The number of aromatic hydroxyl groups is 1. The zero-order chi connectivity index (χ0) is 16.9. The summed E-state index contributed by atoms with van der Waals surface area (Å²) >= 11 is 0. The number of hydrogen-bond acceptors (Lipinski definition) is 3. The number of fused-ring (bicyclic) bond motifs is 1. The fraction of sp³-hybridized carbons (Fsp3) is 0.0952. The van der Waals surface area contributed by atoms with Crippen LogP contribution in [0.3, 0.4) is 0 Å². The van der Waals surface area contributed by atoms with E-state index in [1.807, 2.05) is 80.8 Å². The molecular weight excluding hydrogens is 296 g/mol. The van der Waals surface area contributed by atoms with Crippen molar-refractivity contribution in [1.82, 2.24) is 0 Å². The number of anilines is 1. The second-order valence-electron chi connectivity index (χ2n) is 5.77. The van der Waals surface area contributed by atoms with E-state index in [1.165, 1.54) is 0 Å². The average molecular weight is 316 g/mol. The SMILES string of the molecule is CN(C)c1ccc(N=C/C=C/c2c(O)ccc3ccccc23)cc1. The molecular formula is C21H20N2O. The molecule has 3 aromatic carbocycles. The summed E-state index contributed by atoms with van der Waals surface area (Å²) in [5.74, 6) is 0.272. The van der Waals surface area contributed by atoms with Gasteiger partial charge in [0.15, 0.2) is 0 Å². The highest BCUT2D eigenvalue weighted by Gasteiger charge is 2.02. The van der Waals surface area contributed by atoms with Crippen LogP contribution in [0.25, 0.3) is 16.8 Å². The molecule has 0 amide bonds. The van der Waals surface area contributed by atoms with E-state index in [-0.39, 0.29) is 5.75 Å². The molecule has 1 N–H and O–H groups in total. The normalized spacial score (nSPS) is 11.6. The molecule has 0 bridgehead atoms. The van der Waals surface area contributed by atoms with Crippen molar-refractivity contribution in [1.29, 1.82) is 0 Å².